The van der Waals surface area contributed by atoms with Crippen molar-refractivity contribution in [2.24, 2.45) is 0 Å². The van der Waals surface area contributed by atoms with Gasteiger partial charge in [0.2, 0.25) is 0 Å². The van der Waals surface area contributed by atoms with Crippen LogP contribution in [0.3, 0.4) is 0 Å². The van der Waals surface area contributed by atoms with Crippen LogP contribution in [0.5, 0.6) is 0 Å². The average Bonchev–Trinajstić information content (AvgIpc) is 2.97. The van der Waals surface area contributed by atoms with E-state index in [0.717, 1.165) is 31.4 Å². The van der Waals surface area contributed by atoms with E-state index >= 15 is 0 Å². The average molecular weight is 301 g/mol. The van der Waals surface area contributed by atoms with Crippen LogP contribution in [0.1, 0.15) is 44.2 Å². The Bertz CT molecular complexity index is 569. The summed E-state index contributed by atoms with van der Waals surface area (Å²) in [6, 6.07) is 10.5. The van der Waals surface area contributed by atoms with Crippen molar-refractivity contribution in [2.75, 3.05) is 13.7 Å². The van der Waals surface area contributed by atoms with Gasteiger partial charge < -0.3 is 14.4 Å². The number of fused-ring (bicyclic) bond motifs is 1. The van der Waals surface area contributed by atoms with Crippen molar-refractivity contribution in [3.8, 4) is 0 Å². The van der Waals surface area contributed by atoms with E-state index in [9.17, 15) is 4.79 Å². The van der Waals surface area contributed by atoms with Crippen molar-refractivity contribution >= 4 is 5.97 Å². The minimum Gasteiger partial charge on any atom is -0.466 e. The van der Waals surface area contributed by atoms with E-state index in [1.807, 2.05) is 6.07 Å². The third kappa shape index (κ3) is 2.52. The molecule has 2 aliphatic rings. The minimum absolute atomic E-state index is 0.164. The summed E-state index contributed by atoms with van der Waals surface area (Å²) in [5, 5.41) is 0. The summed E-state index contributed by atoms with van der Waals surface area (Å²) >= 11 is 0. The Labute approximate surface area is 131 Å². The maximum absolute atomic E-state index is 11.7. The second kappa shape index (κ2) is 6.13. The number of methoxy groups -OCH3 is 1. The zero-order valence-electron chi connectivity index (χ0n) is 13.2. The van der Waals surface area contributed by atoms with E-state index in [-0.39, 0.29) is 17.7 Å². The fraction of sp³-hybridized carbons (Fsp3) is 0.500. The van der Waals surface area contributed by atoms with E-state index < -0.39 is 0 Å². The molecule has 0 aromatic heterocycles. The Morgan fingerprint density at radius 2 is 2.23 bits per heavy atom. The van der Waals surface area contributed by atoms with Gasteiger partial charge in [-0.1, -0.05) is 37.3 Å². The summed E-state index contributed by atoms with van der Waals surface area (Å²) in [4.78, 5) is 14.1. The fourth-order valence-electron chi connectivity index (χ4n) is 3.69. The van der Waals surface area contributed by atoms with Crippen LogP contribution in [-0.2, 0) is 14.3 Å². The number of carbonyl (C=O) groups is 1. The largest absolute Gasteiger partial charge is 0.466 e. The minimum atomic E-state index is -0.291. The molecule has 0 N–H and O–H groups in total. The molecule has 2 heterocycles. The van der Waals surface area contributed by atoms with Gasteiger partial charge in [0.1, 0.15) is 5.72 Å². The topological polar surface area (TPSA) is 38.8 Å². The quantitative estimate of drug-likeness (QED) is 0.633. The van der Waals surface area contributed by atoms with Crippen LogP contribution in [0.15, 0.2) is 42.1 Å². The van der Waals surface area contributed by atoms with Gasteiger partial charge in [0.15, 0.2) is 0 Å². The van der Waals surface area contributed by atoms with Crippen LogP contribution in [0, 0.1) is 0 Å². The third-order valence-electron chi connectivity index (χ3n) is 4.79. The summed E-state index contributed by atoms with van der Waals surface area (Å²) < 4.78 is 11.1. The molecule has 118 valence electrons. The molecule has 3 rings (SSSR count). The van der Waals surface area contributed by atoms with Crippen molar-refractivity contribution in [3.05, 3.63) is 47.7 Å². The van der Waals surface area contributed by atoms with Gasteiger partial charge in [0.05, 0.1) is 19.8 Å². The number of ether oxygens (including phenoxy) is 2. The number of hydrogen-bond acceptors (Lipinski definition) is 4. The molecule has 0 aliphatic carbocycles. The van der Waals surface area contributed by atoms with Gasteiger partial charge in [-0.25, -0.2) is 4.79 Å². The lowest BCUT2D eigenvalue weighted by Crippen LogP contribution is -2.47. The van der Waals surface area contributed by atoms with Gasteiger partial charge in [-0.3, -0.25) is 0 Å². The van der Waals surface area contributed by atoms with E-state index in [0.29, 0.717) is 6.61 Å². The molecule has 2 saturated heterocycles. The van der Waals surface area contributed by atoms with Crippen LogP contribution >= 0.6 is 0 Å². The highest BCUT2D eigenvalue weighted by atomic mass is 16.5. The fourth-order valence-corrected chi connectivity index (χ4v) is 3.69. The maximum atomic E-state index is 11.7. The van der Waals surface area contributed by atoms with Crippen molar-refractivity contribution in [2.45, 2.75) is 44.4 Å². The molecule has 2 aliphatic heterocycles. The zero-order valence-corrected chi connectivity index (χ0v) is 13.2. The molecule has 4 heteroatoms. The molecular weight excluding hydrogens is 278 g/mol. The summed E-state index contributed by atoms with van der Waals surface area (Å²) in [5.41, 5.74) is 1.99. The molecule has 2 fully saturated rings. The molecular formula is C18H23NO3. The maximum Gasteiger partial charge on any atom is 0.332 e. The zero-order chi connectivity index (χ0) is 15.6. The predicted molar refractivity (Wildman–Crippen MR) is 83.9 cm³/mol. The van der Waals surface area contributed by atoms with Crippen LogP contribution in [0.2, 0.25) is 0 Å². The van der Waals surface area contributed by atoms with Gasteiger partial charge in [0.25, 0.3) is 0 Å². The number of carbonyl (C=O) groups excluding carboxylic acids is 1. The second-order valence-electron chi connectivity index (χ2n) is 5.92. The van der Waals surface area contributed by atoms with Crippen LogP contribution < -0.4 is 0 Å². The normalized spacial score (nSPS) is 29.5. The molecule has 1 aromatic rings. The number of hydrogen-bond donors (Lipinski definition) is 0. The summed E-state index contributed by atoms with van der Waals surface area (Å²) in [6.07, 6.45) is 5.48. The molecule has 1 aromatic carbocycles. The highest BCUT2D eigenvalue weighted by molar-refractivity contribution is 5.82. The van der Waals surface area contributed by atoms with E-state index in [1.54, 1.807) is 6.08 Å². The van der Waals surface area contributed by atoms with Gasteiger partial charge >= 0.3 is 5.97 Å². The number of benzene rings is 1. The number of nitrogens with zero attached hydrogens (tertiary/aromatic N) is 1. The van der Waals surface area contributed by atoms with Gasteiger partial charge in [-0.05, 0) is 31.2 Å². The number of rotatable bonds is 3. The lowest BCUT2D eigenvalue weighted by molar-refractivity contribution is -0.135. The van der Waals surface area contributed by atoms with Crippen molar-refractivity contribution < 1.29 is 14.3 Å². The molecule has 22 heavy (non-hydrogen) atoms. The lowest BCUT2D eigenvalue weighted by Gasteiger charge is -2.45. The van der Waals surface area contributed by atoms with Crippen molar-refractivity contribution in [1.29, 1.82) is 0 Å². The summed E-state index contributed by atoms with van der Waals surface area (Å²) in [7, 11) is 1.42. The molecule has 0 amide bonds. The van der Waals surface area contributed by atoms with Gasteiger partial charge in [0, 0.05) is 11.8 Å². The monoisotopic (exact) mass is 301 g/mol. The SMILES string of the molecule is CC[C@@]12CCC/C(=C\C(=O)OC)N1[C@@H](c1ccccc1)CO2. The molecule has 4 nitrogen and oxygen atoms in total. The van der Waals surface area contributed by atoms with Crippen LogP contribution in [0.4, 0.5) is 0 Å². The van der Waals surface area contributed by atoms with E-state index in [2.05, 4.69) is 36.1 Å². The third-order valence-corrected chi connectivity index (χ3v) is 4.79. The van der Waals surface area contributed by atoms with Crippen LogP contribution in [0.25, 0.3) is 0 Å². The highest BCUT2D eigenvalue weighted by Crippen LogP contribution is 2.48. The van der Waals surface area contributed by atoms with Crippen LogP contribution in [-0.4, -0.2) is 30.3 Å². The Kier molecular flexibility index (Phi) is 4.21. The second-order valence-corrected chi connectivity index (χ2v) is 5.92. The first kappa shape index (κ1) is 15.1. The Morgan fingerprint density at radius 1 is 1.45 bits per heavy atom. The van der Waals surface area contributed by atoms with Gasteiger partial charge in [-0.15, -0.1) is 0 Å². The number of esters is 1. The Hall–Kier alpha value is -1.81. The highest BCUT2D eigenvalue weighted by Gasteiger charge is 2.49. The first-order chi connectivity index (χ1) is 10.7. The molecule has 2 atom stereocenters. The molecule has 0 bridgehead atoms. The standard InChI is InChI=1S/C18H23NO3/c1-3-18-11-7-10-15(12-17(20)21-2)19(18)16(13-22-18)14-8-5-4-6-9-14/h4-6,8-9,12,16H,3,7,10-11,13H2,1-2H3/b15-12+/t16-,18-/m1/s1. The molecule has 0 saturated carbocycles. The molecule has 0 unspecified atom stereocenters. The van der Waals surface area contributed by atoms with E-state index in [1.165, 1.54) is 12.7 Å². The first-order valence-electron chi connectivity index (χ1n) is 7.97. The summed E-state index contributed by atoms with van der Waals surface area (Å²) in [5.74, 6) is -0.291. The van der Waals surface area contributed by atoms with Crippen molar-refractivity contribution in [3.63, 3.8) is 0 Å². The molecule has 0 radical (unpaired) electrons. The lowest BCUT2D eigenvalue weighted by atomic mass is 9.91. The Balaban J connectivity index is 2.00. The number of piperidine rings is 1. The predicted octanol–water partition coefficient (Wildman–Crippen LogP) is 3.41. The smallest absolute Gasteiger partial charge is 0.332 e. The molecule has 0 spiro atoms. The van der Waals surface area contributed by atoms with Crippen molar-refractivity contribution in [1.82, 2.24) is 4.90 Å². The first-order valence-corrected chi connectivity index (χ1v) is 7.97. The Morgan fingerprint density at radius 3 is 2.91 bits per heavy atom. The number of allylic oxidation sites excluding steroid dienone is 1. The van der Waals surface area contributed by atoms with E-state index in [4.69, 9.17) is 9.47 Å². The summed E-state index contributed by atoms with van der Waals surface area (Å²) in [6.45, 7) is 2.82. The van der Waals surface area contributed by atoms with Gasteiger partial charge in [-0.2, -0.15) is 0 Å².